The molecule has 0 bridgehead atoms. The zero-order valence-corrected chi connectivity index (χ0v) is 18.1. The maximum absolute atomic E-state index is 11.8. The lowest BCUT2D eigenvalue weighted by Crippen LogP contribution is -2.38. The van der Waals surface area contributed by atoms with Crippen molar-refractivity contribution in [2.75, 3.05) is 18.0 Å². The summed E-state index contributed by atoms with van der Waals surface area (Å²) in [6, 6.07) is 10.0. The Hall–Kier alpha value is -1.67. The molecule has 162 valence electrons. The first-order valence-corrected chi connectivity index (χ1v) is 11.8. The van der Waals surface area contributed by atoms with Crippen molar-refractivity contribution < 1.29 is 23.2 Å². The first kappa shape index (κ1) is 23.6. The number of nitrogens with zero attached hydrogens (tertiary/aromatic N) is 1. The van der Waals surface area contributed by atoms with Gasteiger partial charge in [0.2, 0.25) is 0 Å². The van der Waals surface area contributed by atoms with Crippen LogP contribution in [0.3, 0.4) is 0 Å². The molecule has 0 aliphatic heterocycles. The number of hydrogen-bond acceptors (Lipinski definition) is 5. The molecule has 7 heteroatoms. The van der Waals surface area contributed by atoms with E-state index in [1.165, 1.54) is 6.07 Å². The molecule has 6 nitrogen and oxygen atoms in total. The van der Waals surface area contributed by atoms with Crippen LogP contribution in [0, 0.1) is 0 Å². The van der Waals surface area contributed by atoms with E-state index in [0.29, 0.717) is 36.7 Å². The van der Waals surface area contributed by atoms with Crippen molar-refractivity contribution in [3.8, 4) is 0 Å². The summed E-state index contributed by atoms with van der Waals surface area (Å²) in [5.74, 6) is 0. The number of aliphatic hydroxyl groups is 2. The first-order chi connectivity index (χ1) is 13.8. The molecular weight excluding hydrogens is 390 g/mol. The lowest BCUT2D eigenvalue weighted by molar-refractivity contribution is 0.146. The molecule has 0 amide bonds. The van der Waals surface area contributed by atoms with Gasteiger partial charge in [-0.25, -0.2) is 0 Å². The van der Waals surface area contributed by atoms with E-state index in [2.05, 4.69) is 13.8 Å². The Labute approximate surface area is 173 Å². The molecule has 29 heavy (non-hydrogen) atoms. The number of rotatable bonds is 12. The van der Waals surface area contributed by atoms with Crippen LogP contribution in [0.1, 0.15) is 52.4 Å². The van der Waals surface area contributed by atoms with Crippen molar-refractivity contribution in [2.24, 2.45) is 0 Å². The third-order valence-corrected chi connectivity index (χ3v) is 6.04. The minimum absolute atomic E-state index is 0.144. The van der Waals surface area contributed by atoms with E-state index in [4.69, 9.17) is 0 Å². The Morgan fingerprint density at radius 1 is 0.862 bits per heavy atom. The predicted molar refractivity (Wildman–Crippen MR) is 117 cm³/mol. The van der Waals surface area contributed by atoms with Gasteiger partial charge in [-0.2, -0.15) is 8.42 Å². The summed E-state index contributed by atoms with van der Waals surface area (Å²) in [7, 11) is -4.36. The fraction of sp³-hybridized carbons (Fsp3) is 0.545. The van der Waals surface area contributed by atoms with Crippen molar-refractivity contribution in [3.63, 3.8) is 0 Å². The Morgan fingerprint density at radius 2 is 1.38 bits per heavy atom. The topological polar surface area (TPSA) is 98.1 Å². The Balaban J connectivity index is 2.44. The van der Waals surface area contributed by atoms with Crippen LogP contribution in [0.25, 0.3) is 10.8 Å². The number of anilines is 1. The summed E-state index contributed by atoms with van der Waals surface area (Å²) >= 11 is 0. The summed E-state index contributed by atoms with van der Waals surface area (Å²) in [5, 5.41) is 22.1. The second kappa shape index (κ2) is 10.9. The highest BCUT2D eigenvalue weighted by Crippen LogP contribution is 2.32. The zero-order valence-electron chi connectivity index (χ0n) is 17.3. The molecule has 0 aromatic heterocycles. The monoisotopic (exact) mass is 423 g/mol. The summed E-state index contributed by atoms with van der Waals surface area (Å²) in [6.45, 7) is 4.83. The second-order valence-electron chi connectivity index (χ2n) is 7.60. The van der Waals surface area contributed by atoms with Gasteiger partial charge in [-0.1, -0.05) is 63.8 Å². The van der Waals surface area contributed by atoms with Gasteiger partial charge in [-0.05, 0) is 25.0 Å². The van der Waals surface area contributed by atoms with E-state index in [1.807, 2.05) is 4.90 Å². The van der Waals surface area contributed by atoms with Gasteiger partial charge in [0.05, 0.1) is 12.2 Å². The quantitative estimate of drug-likeness (QED) is 0.447. The molecule has 2 aromatic rings. The fourth-order valence-corrected chi connectivity index (χ4v) is 4.29. The van der Waals surface area contributed by atoms with Crippen LogP contribution in [0.15, 0.2) is 41.3 Å². The fourth-order valence-electron chi connectivity index (χ4n) is 3.60. The third kappa shape index (κ3) is 6.67. The Morgan fingerprint density at radius 3 is 1.86 bits per heavy atom. The molecule has 0 saturated carbocycles. The van der Waals surface area contributed by atoms with E-state index in [1.54, 1.807) is 30.3 Å². The van der Waals surface area contributed by atoms with E-state index in [0.717, 1.165) is 31.4 Å². The molecule has 0 fully saturated rings. The average molecular weight is 424 g/mol. The lowest BCUT2D eigenvalue weighted by atomic mass is 10.1. The van der Waals surface area contributed by atoms with Gasteiger partial charge in [0.1, 0.15) is 4.90 Å². The number of benzene rings is 2. The summed E-state index contributed by atoms with van der Waals surface area (Å²) in [6.07, 6.45) is 4.04. The molecule has 0 aliphatic carbocycles. The van der Waals surface area contributed by atoms with E-state index in [-0.39, 0.29) is 4.90 Å². The molecule has 0 spiro atoms. The molecule has 2 atom stereocenters. The summed E-state index contributed by atoms with van der Waals surface area (Å²) < 4.78 is 33.1. The highest BCUT2D eigenvalue weighted by Gasteiger charge is 2.21. The zero-order chi connectivity index (χ0) is 21.4. The van der Waals surface area contributed by atoms with Crippen molar-refractivity contribution >= 4 is 26.6 Å². The average Bonchev–Trinajstić information content (AvgIpc) is 2.68. The van der Waals surface area contributed by atoms with Gasteiger partial charge in [-0.15, -0.1) is 0 Å². The van der Waals surface area contributed by atoms with Gasteiger partial charge in [0.15, 0.2) is 0 Å². The molecule has 3 N–H and O–H groups in total. The second-order valence-corrected chi connectivity index (χ2v) is 8.99. The molecule has 0 saturated heterocycles. The molecule has 2 rings (SSSR count). The van der Waals surface area contributed by atoms with Crippen molar-refractivity contribution in [2.45, 2.75) is 69.5 Å². The van der Waals surface area contributed by atoms with Crippen LogP contribution in [0.5, 0.6) is 0 Å². The standard InChI is InChI=1S/C22H33NO5S/c1-3-5-9-17(24)15-23(16-18(25)10-6-4-2)21-13-14-22(29(26,27)28)20-12-8-7-11-19(20)21/h7-8,11-14,17-18,24-25H,3-6,9-10,15-16H2,1-2H3,(H,26,27,28). The number of unbranched alkanes of at least 4 members (excludes halogenated alkanes) is 2. The van der Waals surface area contributed by atoms with Crippen LogP contribution in [0.4, 0.5) is 5.69 Å². The SMILES string of the molecule is CCCCC(O)CN(CC(O)CCCC)c1ccc(S(=O)(=O)O)c2ccccc12. The molecule has 2 unspecified atom stereocenters. The molecule has 0 heterocycles. The van der Waals surface area contributed by atoms with Gasteiger partial charge in [0, 0.05) is 29.5 Å². The Kier molecular flexibility index (Phi) is 8.89. The molecule has 0 aliphatic rings. The minimum Gasteiger partial charge on any atom is -0.391 e. The van der Waals surface area contributed by atoms with Gasteiger partial charge in [0.25, 0.3) is 10.1 Å². The summed E-state index contributed by atoms with van der Waals surface area (Å²) in [4.78, 5) is 1.78. The lowest BCUT2D eigenvalue weighted by Gasteiger charge is -2.31. The summed E-state index contributed by atoms with van der Waals surface area (Å²) in [5.41, 5.74) is 0.735. The van der Waals surface area contributed by atoms with Crippen LogP contribution in [0.2, 0.25) is 0 Å². The maximum Gasteiger partial charge on any atom is 0.295 e. The largest absolute Gasteiger partial charge is 0.391 e. The van der Waals surface area contributed by atoms with E-state index < -0.39 is 22.3 Å². The maximum atomic E-state index is 11.8. The van der Waals surface area contributed by atoms with Crippen LogP contribution >= 0.6 is 0 Å². The highest BCUT2D eigenvalue weighted by atomic mass is 32.2. The Bertz CT molecular complexity index is 868. The predicted octanol–water partition coefficient (Wildman–Crippen LogP) is 4.00. The number of hydrogen-bond donors (Lipinski definition) is 3. The molecule has 2 aromatic carbocycles. The van der Waals surface area contributed by atoms with Gasteiger partial charge in [-0.3, -0.25) is 4.55 Å². The van der Waals surface area contributed by atoms with Crippen LogP contribution in [-0.2, 0) is 10.1 Å². The van der Waals surface area contributed by atoms with Crippen LogP contribution in [-0.4, -0.2) is 48.5 Å². The highest BCUT2D eigenvalue weighted by molar-refractivity contribution is 7.86. The molecule has 0 radical (unpaired) electrons. The third-order valence-electron chi connectivity index (χ3n) is 5.12. The van der Waals surface area contributed by atoms with Gasteiger partial charge < -0.3 is 15.1 Å². The number of aliphatic hydroxyl groups excluding tert-OH is 2. The van der Waals surface area contributed by atoms with E-state index >= 15 is 0 Å². The van der Waals surface area contributed by atoms with Crippen molar-refractivity contribution in [3.05, 3.63) is 36.4 Å². The minimum atomic E-state index is -4.36. The van der Waals surface area contributed by atoms with Crippen molar-refractivity contribution in [1.29, 1.82) is 0 Å². The van der Waals surface area contributed by atoms with Crippen LogP contribution < -0.4 is 4.90 Å². The smallest absolute Gasteiger partial charge is 0.295 e. The molecular formula is C22H33NO5S. The first-order valence-electron chi connectivity index (χ1n) is 10.4. The normalized spacial score (nSPS) is 14.1. The van der Waals surface area contributed by atoms with E-state index in [9.17, 15) is 23.2 Å². The van der Waals surface area contributed by atoms with Crippen molar-refractivity contribution in [1.82, 2.24) is 0 Å². The number of fused-ring (bicyclic) bond motifs is 1. The van der Waals surface area contributed by atoms with Gasteiger partial charge >= 0.3 is 0 Å².